The van der Waals surface area contributed by atoms with Crippen LogP contribution >= 0.6 is 23.2 Å². The molecule has 1 heterocycles. The van der Waals surface area contributed by atoms with Crippen molar-refractivity contribution in [2.45, 2.75) is 13.8 Å². The quantitative estimate of drug-likeness (QED) is 0.328. The summed E-state index contributed by atoms with van der Waals surface area (Å²) < 4.78 is 5.50. The Labute approximate surface area is 222 Å². The summed E-state index contributed by atoms with van der Waals surface area (Å²) in [5, 5.41) is 4.99. The molecule has 188 valence electrons. The molecular formula is C27H21Cl2N3O5. The van der Waals surface area contributed by atoms with Gasteiger partial charge in [0.2, 0.25) is 0 Å². The number of anilines is 2. The predicted molar refractivity (Wildman–Crippen MR) is 142 cm³/mol. The first-order valence-electron chi connectivity index (χ1n) is 11.1. The number of nitrogens with zero attached hydrogens (tertiary/aromatic N) is 1. The fraction of sp³-hybridized carbons (Fsp3) is 0.111. The van der Waals surface area contributed by atoms with E-state index >= 15 is 0 Å². The van der Waals surface area contributed by atoms with Crippen molar-refractivity contribution in [1.82, 2.24) is 5.32 Å². The highest BCUT2D eigenvalue weighted by atomic mass is 35.5. The third-order valence-electron chi connectivity index (χ3n) is 5.59. The number of benzene rings is 3. The minimum atomic E-state index is -0.847. The van der Waals surface area contributed by atoms with Gasteiger partial charge in [-0.3, -0.25) is 19.7 Å². The molecule has 0 radical (unpaired) electrons. The zero-order valence-electron chi connectivity index (χ0n) is 19.8. The Kier molecular flexibility index (Phi) is 7.61. The van der Waals surface area contributed by atoms with E-state index in [1.165, 1.54) is 18.2 Å². The summed E-state index contributed by atoms with van der Waals surface area (Å²) in [6, 6.07) is 16.0. The van der Waals surface area contributed by atoms with Gasteiger partial charge in [-0.25, -0.2) is 9.69 Å². The molecule has 0 spiro atoms. The van der Waals surface area contributed by atoms with E-state index in [1.807, 2.05) is 19.9 Å². The second-order valence-corrected chi connectivity index (χ2v) is 9.06. The van der Waals surface area contributed by atoms with Gasteiger partial charge in [-0.2, -0.15) is 0 Å². The number of amides is 5. The molecule has 0 saturated carbocycles. The summed E-state index contributed by atoms with van der Waals surface area (Å²) in [5.41, 5.74) is 2.86. The van der Waals surface area contributed by atoms with E-state index in [4.69, 9.17) is 27.9 Å². The fourth-order valence-electron chi connectivity index (χ4n) is 3.58. The van der Waals surface area contributed by atoms with Crippen molar-refractivity contribution >= 4 is 64.4 Å². The van der Waals surface area contributed by atoms with Gasteiger partial charge in [0.1, 0.15) is 5.57 Å². The number of aryl methyl sites for hydroxylation is 2. The van der Waals surface area contributed by atoms with Gasteiger partial charge in [0, 0.05) is 5.69 Å². The number of carbonyl (C=O) groups is 4. The number of nitrogens with one attached hydrogen (secondary N) is 2. The number of hydrogen-bond acceptors (Lipinski definition) is 5. The largest absolute Gasteiger partial charge is 0.481 e. The van der Waals surface area contributed by atoms with Crippen LogP contribution in [-0.4, -0.2) is 30.4 Å². The molecule has 1 aliphatic rings. The van der Waals surface area contributed by atoms with Crippen LogP contribution < -0.4 is 20.3 Å². The number of para-hydroxylation sites is 1. The van der Waals surface area contributed by atoms with Crippen molar-refractivity contribution in [2.24, 2.45) is 0 Å². The lowest BCUT2D eigenvalue weighted by Crippen LogP contribution is -2.54. The van der Waals surface area contributed by atoms with Crippen LogP contribution in [0.15, 0.2) is 66.2 Å². The Morgan fingerprint density at radius 3 is 2.30 bits per heavy atom. The number of halogens is 2. The first-order valence-corrected chi connectivity index (χ1v) is 11.8. The van der Waals surface area contributed by atoms with Crippen molar-refractivity contribution in [3.8, 4) is 5.75 Å². The van der Waals surface area contributed by atoms with E-state index in [1.54, 1.807) is 42.5 Å². The van der Waals surface area contributed by atoms with E-state index < -0.39 is 23.8 Å². The summed E-state index contributed by atoms with van der Waals surface area (Å²) in [6.45, 7) is 3.41. The van der Waals surface area contributed by atoms with Crippen LogP contribution in [0.4, 0.5) is 16.2 Å². The lowest BCUT2D eigenvalue weighted by atomic mass is 10.0. The second kappa shape index (κ2) is 10.9. The molecule has 1 fully saturated rings. The van der Waals surface area contributed by atoms with Gasteiger partial charge in [-0.15, -0.1) is 0 Å². The SMILES string of the molecule is Cc1ccc(N2C(=O)NC(=O)/C(=C/c3cc(Cl)c(OCC(=O)Nc4ccccc4)c(Cl)c3)C2=O)cc1C. The summed E-state index contributed by atoms with van der Waals surface area (Å²) >= 11 is 12.7. The molecule has 37 heavy (non-hydrogen) atoms. The van der Waals surface area contributed by atoms with E-state index in [-0.39, 0.29) is 28.0 Å². The van der Waals surface area contributed by atoms with Crippen LogP contribution in [0.3, 0.4) is 0 Å². The average Bonchev–Trinajstić information content (AvgIpc) is 2.84. The molecule has 1 saturated heterocycles. The van der Waals surface area contributed by atoms with Crippen molar-refractivity contribution < 1.29 is 23.9 Å². The highest BCUT2D eigenvalue weighted by molar-refractivity contribution is 6.40. The highest BCUT2D eigenvalue weighted by Crippen LogP contribution is 2.35. The maximum Gasteiger partial charge on any atom is 0.335 e. The van der Waals surface area contributed by atoms with Gasteiger partial charge in [-0.05, 0) is 73.0 Å². The Morgan fingerprint density at radius 2 is 1.65 bits per heavy atom. The minimum absolute atomic E-state index is 0.0672. The Bertz CT molecular complexity index is 1430. The van der Waals surface area contributed by atoms with E-state index in [9.17, 15) is 19.2 Å². The maximum atomic E-state index is 13.2. The van der Waals surface area contributed by atoms with E-state index in [0.717, 1.165) is 16.0 Å². The molecule has 0 bridgehead atoms. The number of rotatable bonds is 6. The van der Waals surface area contributed by atoms with Crippen molar-refractivity contribution in [1.29, 1.82) is 0 Å². The lowest BCUT2D eigenvalue weighted by Gasteiger charge is -2.27. The number of urea groups is 1. The fourth-order valence-corrected chi connectivity index (χ4v) is 4.19. The summed E-state index contributed by atoms with van der Waals surface area (Å²) in [5.74, 6) is -1.98. The third kappa shape index (κ3) is 5.82. The average molecular weight is 538 g/mol. The van der Waals surface area contributed by atoms with Gasteiger partial charge in [0.05, 0.1) is 15.7 Å². The van der Waals surface area contributed by atoms with Crippen molar-refractivity contribution in [3.05, 3.63) is 93.0 Å². The van der Waals surface area contributed by atoms with Crippen molar-refractivity contribution in [2.75, 3.05) is 16.8 Å². The molecule has 0 aliphatic carbocycles. The first kappa shape index (κ1) is 25.9. The van der Waals surface area contributed by atoms with Gasteiger partial charge in [0.25, 0.3) is 17.7 Å². The normalized spacial score (nSPS) is 14.5. The van der Waals surface area contributed by atoms with E-state index in [2.05, 4.69) is 10.6 Å². The van der Waals surface area contributed by atoms with Crippen LogP contribution in [0.1, 0.15) is 16.7 Å². The standard InChI is InChI=1S/C27H21Cl2N3O5/c1-15-8-9-19(10-16(15)2)32-26(35)20(25(34)31-27(32)36)11-17-12-21(28)24(22(29)13-17)37-14-23(33)30-18-6-4-3-5-7-18/h3-13H,14H2,1-2H3,(H,30,33)(H,31,34,36)/b20-11-. The van der Waals surface area contributed by atoms with Gasteiger partial charge < -0.3 is 10.1 Å². The van der Waals surface area contributed by atoms with Crippen LogP contribution in [0.5, 0.6) is 5.75 Å². The molecule has 5 amide bonds. The topological polar surface area (TPSA) is 105 Å². The van der Waals surface area contributed by atoms with Crippen molar-refractivity contribution in [3.63, 3.8) is 0 Å². The van der Waals surface area contributed by atoms with E-state index in [0.29, 0.717) is 16.9 Å². The molecule has 3 aromatic rings. The zero-order chi connectivity index (χ0) is 26.7. The number of ether oxygens (including phenoxy) is 1. The molecular weight excluding hydrogens is 517 g/mol. The summed E-state index contributed by atoms with van der Waals surface area (Å²) in [6.07, 6.45) is 1.28. The molecule has 0 unspecified atom stereocenters. The Balaban J connectivity index is 1.54. The molecule has 0 aromatic heterocycles. The van der Waals surface area contributed by atoms with Gasteiger partial charge in [0.15, 0.2) is 12.4 Å². The van der Waals surface area contributed by atoms with Crippen LogP contribution in [-0.2, 0) is 14.4 Å². The van der Waals surface area contributed by atoms with Crippen LogP contribution in [0.25, 0.3) is 6.08 Å². The number of hydrogen-bond donors (Lipinski definition) is 2. The highest BCUT2D eigenvalue weighted by Gasteiger charge is 2.37. The minimum Gasteiger partial charge on any atom is -0.481 e. The maximum absolute atomic E-state index is 13.2. The Morgan fingerprint density at radius 1 is 0.973 bits per heavy atom. The first-order chi connectivity index (χ1) is 17.6. The summed E-state index contributed by atoms with van der Waals surface area (Å²) in [4.78, 5) is 51.2. The zero-order valence-corrected chi connectivity index (χ0v) is 21.3. The number of barbiturate groups is 1. The van der Waals surface area contributed by atoms with Gasteiger partial charge >= 0.3 is 6.03 Å². The Hall–Kier alpha value is -4.14. The molecule has 10 heteroatoms. The summed E-state index contributed by atoms with van der Waals surface area (Å²) in [7, 11) is 0. The lowest BCUT2D eigenvalue weighted by molar-refractivity contribution is -0.122. The second-order valence-electron chi connectivity index (χ2n) is 8.24. The molecule has 1 aliphatic heterocycles. The molecule has 2 N–H and O–H groups in total. The van der Waals surface area contributed by atoms with Crippen LogP contribution in [0, 0.1) is 13.8 Å². The molecule has 4 rings (SSSR count). The molecule has 3 aromatic carbocycles. The third-order valence-corrected chi connectivity index (χ3v) is 6.15. The number of imide groups is 2. The predicted octanol–water partition coefficient (Wildman–Crippen LogP) is 5.29. The molecule has 8 nitrogen and oxygen atoms in total. The van der Waals surface area contributed by atoms with Gasteiger partial charge in [-0.1, -0.05) is 47.5 Å². The van der Waals surface area contributed by atoms with Crippen LogP contribution in [0.2, 0.25) is 10.0 Å². The molecule has 0 atom stereocenters. The smallest absolute Gasteiger partial charge is 0.335 e. The monoisotopic (exact) mass is 537 g/mol. The number of carbonyl (C=O) groups excluding carboxylic acids is 4.